The van der Waals surface area contributed by atoms with E-state index < -0.39 is 0 Å². The topological polar surface area (TPSA) is 45.2 Å². The van der Waals surface area contributed by atoms with Crippen LogP contribution in [0.3, 0.4) is 0 Å². The van der Waals surface area contributed by atoms with E-state index in [1.165, 1.54) is 21.7 Å². The van der Waals surface area contributed by atoms with E-state index >= 15 is 0 Å². The van der Waals surface area contributed by atoms with Crippen molar-refractivity contribution >= 4 is 60.3 Å². The quantitative estimate of drug-likeness (QED) is 0.217. The number of fused-ring (bicyclic) bond motifs is 12. The molecule has 0 saturated heterocycles. The van der Waals surface area contributed by atoms with Crippen LogP contribution in [0.4, 0.5) is 0 Å². The van der Waals surface area contributed by atoms with Gasteiger partial charge in [-0.2, -0.15) is 9.66 Å². The van der Waals surface area contributed by atoms with Crippen molar-refractivity contribution in [3.63, 3.8) is 0 Å². The summed E-state index contributed by atoms with van der Waals surface area (Å²) in [5.41, 5.74) is 7.87. The number of hydrogen-bond acceptors (Lipinski definition) is 2. The molecule has 0 unspecified atom stereocenters. The number of pyridine rings is 1. The summed E-state index contributed by atoms with van der Waals surface area (Å²) in [6.45, 7) is 2.17. The molecule has 0 bridgehead atoms. The third-order valence-corrected chi connectivity index (χ3v) is 6.78. The van der Waals surface area contributed by atoms with E-state index in [0.717, 1.165) is 44.1 Å². The molecule has 0 fully saturated rings. The first-order valence-corrected chi connectivity index (χ1v) is 10.7. The molecule has 0 aliphatic rings. The van der Waals surface area contributed by atoms with Crippen molar-refractivity contribution < 1.29 is 8.98 Å². The molecule has 3 aromatic heterocycles. The second-order valence-corrected chi connectivity index (χ2v) is 8.43. The molecule has 7 aromatic rings. The Hall–Kier alpha value is -4.36. The molecule has 0 amide bonds. The average molecular weight is 412 g/mol. The largest absolute Gasteiger partial charge is 0.456 e. The summed E-state index contributed by atoms with van der Waals surface area (Å²) in [6.07, 6.45) is 0. The molecule has 0 atom stereocenters. The van der Waals surface area contributed by atoms with Crippen LogP contribution in [0, 0.1) is 18.3 Å². The number of para-hydroxylation sites is 1. The standard InChI is InChI=1S/C28H18N3O/c1-16-7-5-10-19-18-9-3-4-11-20(18)31-27-21(30(2)28(31)24(16)19)13-14-23-26(27)25-17(15-29)8-6-12-22(25)32-23/h3-14H,1-2H3/q+1. The van der Waals surface area contributed by atoms with Crippen molar-refractivity contribution in [1.82, 2.24) is 4.40 Å². The zero-order chi connectivity index (χ0) is 21.6. The molecule has 0 aliphatic heterocycles. The number of hydrogen-bond donors (Lipinski definition) is 0. The minimum absolute atomic E-state index is 0.632. The van der Waals surface area contributed by atoms with E-state index in [-0.39, 0.29) is 0 Å². The van der Waals surface area contributed by atoms with Crippen molar-refractivity contribution in [3.8, 4) is 6.07 Å². The van der Waals surface area contributed by atoms with Gasteiger partial charge in [0.2, 0.25) is 0 Å². The predicted octanol–water partition coefficient (Wildman–Crippen LogP) is 6.30. The van der Waals surface area contributed by atoms with Crippen LogP contribution < -0.4 is 4.57 Å². The maximum absolute atomic E-state index is 9.85. The zero-order valence-electron chi connectivity index (χ0n) is 17.7. The van der Waals surface area contributed by atoms with Crippen LogP contribution >= 0.6 is 0 Å². The van der Waals surface area contributed by atoms with Crippen molar-refractivity contribution in [1.29, 1.82) is 5.26 Å². The SMILES string of the molecule is Cc1cccc2c3ccccc3n3c4c5c(ccc4[n+](C)c3c12)oc1cccc(C#N)c15. The van der Waals surface area contributed by atoms with Gasteiger partial charge in [-0.1, -0.05) is 42.5 Å². The van der Waals surface area contributed by atoms with E-state index in [1.54, 1.807) is 0 Å². The lowest BCUT2D eigenvalue weighted by molar-refractivity contribution is -0.617. The molecule has 0 N–H and O–H groups in total. The molecule has 7 rings (SSSR count). The summed E-state index contributed by atoms with van der Waals surface area (Å²) in [5, 5.41) is 15.4. The van der Waals surface area contributed by atoms with E-state index in [1.807, 2.05) is 24.3 Å². The molecule has 4 heteroatoms. The Morgan fingerprint density at radius 2 is 1.59 bits per heavy atom. The van der Waals surface area contributed by atoms with Crippen LogP contribution in [0.25, 0.3) is 60.3 Å². The number of aryl methyl sites for hydroxylation is 2. The van der Waals surface area contributed by atoms with Gasteiger partial charge in [0.1, 0.15) is 16.7 Å². The summed E-state index contributed by atoms with van der Waals surface area (Å²) < 4.78 is 10.8. The molecule has 32 heavy (non-hydrogen) atoms. The van der Waals surface area contributed by atoms with Gasteiger partial charge in [-0.25, -0.2) is 4.57 Å². The average Bonchev–Trinajstić information content (AvgIpc) is 3.35. The Bertz CT molecular complexity index is 1960. The minimum atomic E-state index is 0.632. The van der Waals surface area contributed by atoms with Gasteiger partial charge in [-0.15, -0.1) is 0 Å². The Labute approximate surface area is 183 Å². The first-order chi connectivity index (χ1) is 15.7. The highest BCUT2D eigenvalue weighted by atomic mass is 16.3. The van der Waals surface area contributed by atoms with Crippen LogP contribution in [-0.4, -0.2) is 4.40 Å². The highest BCUT2D eigenvalue weighted by Crippen LogP contribution is 2.39. The van der Waals surface area contributed by atoms with Crippen molar-refractivity contribution in [2.24, 2.45) is 7.05 Å². The van der Waals surface area contributed by atoms with Crippen LogP contribution in [0.1, 0.15) is 11.1 Å². The van der Waals surface area contributed by atoms with Gasteiger partial charge in [0.15, 0.2) is 11.0 Å². The number of nitrogens with zero attached hydrogens (tertiary/aromatic N) is 3. The molecule has 0 aliphatic carbocycles. The first-order valence-electron chi connectivity index (χ1n) is 10.7. The highest BCUT2D eigenvalue weighted by molar-refractivity contribution is 6.21. The summed E-state index contributed by atoms with van der Waals surface area (Å²) in [5.74, 6) is 0. The number of aromatic nitrogens is 2. The second-order valence-electron chi connectivity index (χ2n) is 8.43. The Balaban J connectivity index is 1.93. The maximum atomic E-state index is 9.85. The summed E-state index contributed by atoms with van der Waals surface area (Å²) in [6, 6.07) is 27.3. The molecule has 0 saturated carbocycles. The molecular formula is C28H18N3O+. The fourth-order valence-electron chi connectivity index (χ4n) is 5.44. The molecule has 0 radical (unpaired) electrons. The molecular weight excluding hydrogens is 394 g/mol. The molecule has 0 spiro atoms. The summed E-state index contributed by atoms with van der Waals surface area (Å²) in [7, 11) is 2.12. The van der Waals surface area contributed by atoms with Gasteiger partial charge < -0.3 is 4.42 Å². The first kappa shape index (κ1) is 17.3. The van der Waals surface area contributed by atoms with Crippen molar-refractivity contribution in [2.75, 3.05) is 0 Å². The fraction of sp³-hybridized carbons (Fsp3) is 0.0714. The number of imidazole rings is 1. The van der Waals surface area contributed by atoms with Crippen molar-refractivity contribution in [2.45, 2.75) is 6.92 Å². The normalized spacial score (nSPS) is 12.0. The number of nitriles is 1. The van der Waals surface area contributed by atoms with E-state index in [2.05, 4.69) is 77.5 Å². The molecule has 4 aromatic carbocycles. The lowest BCUT2D eigenvalue weighted by Crippen LogP contribution is -2.27. The fourth-order valence-corrected chi connectivity index (χ4v) is 5.44. The number of rotatable bonds is 0. The minimum Gasteiger partial charge on any atom is -0.456 e. The van der Waals surface area contributed by atoms with Crippen LogP contribution in [0.2, 0.25) is 0 Å². The number of benzene rings is 4. The van der Waals surface area contributed by atoms with E-state index in [9.17, 15) is 5.26 Å². The highest BCUT2D eigenvalue weighted by Gasteiger charge is 2.28. The van der Waals surface area contributed by atoms with E-state index in [0.29, 0.717) is 5.56 Å². The number of furan rings is 1. The second kappa shape index (κ2) is 5.87. The van der Waals surface area contributed by atoms with Crippen LogP contribution in [0.5, 0.6) is 0 Å². The van der Waals surface area contributed by atoms with Crippen LogP contribution in [-0.2, 0) is 7.05 Å². The Kier molecular flexibility index (Phi) is 3.18. The van der Waals surface area contributed by atoms with Gasteiger partial charge in [0.25, 0.3) is 5.65 Å². The monoisotopic (exact) mass is 412 g/mol. The van der Waals surface area contributed by atoms with Crippen LogP contribution in [0.15, 0.2) is 77.2 Å². The third kappa shape index (κ3) is 1.94. The lowest BCUT2D eigenvalue weighted by atomic mass is 10.0. The van der Waals surface area contributed by atoms with Gasteiger partial charge in [-0.05, 0) is 42.8 Å². The molecule has 4 nitrogen and oxygen atoms in total. The molecule has 150 valence electrons. The van der Waals surface area contributed by atoms with Gasteiger partial charge in [-0.3, -0.25) is 0 Å². The van der Waals surface area contributed by atoms with Gasteiger partial charge in [0, 0.05) is 10.8 Å². The summed E-state index contributed by atoms with van der Waals surface area (Å²) in [4.78, 5) is 0. The van der Waals surface area contributed by atoms with Gasteiger partial charge in [0.05, 0.1) is 34.8 Å². The predicted molar refractivity (Wildman–Crippen MR) is 128 cm³/mol. The van der Waals surface area contributed by atoms with E-state index in [4.69, 9.17) is 4.42 Å². The maximum Gasteiger partial charge on any atom is 0.295 e. The zero-order valence-corrected chi connectivity index (χ0v) is 17.7. The Morgan fingerprint density at radius 3 is 2.47 bits per heavy atom. The Morgan fingerprint density at radius 1 is 0.812 bits per heavy atom. The summed E-state index contributed by atoms with van der Waals surface area (Å²) >= 11 is 0. The smallest absolute Gasteiger partial charge is 0.295 e. The van der Waals surface area contributed by atoms with Crippen molar-refractivity contribution in [3.05, 3.63) is 83.9 Å². The van der Waals surface area contributed by atoms with Gasteiger partial charge >= 0.3 is 0 Å². The molecule has 3 heterocycles. The lowest BCUT2D eigenvalue weighted by Gasteiger charge is -2.07. The third-order valence-electron chi connectivity index (χ3n) is 6.78.